The molecule has 0 aliphatic carbocycles. The normalized spacial score (nSPS) is 19.6. The number of aromatic nitrogens is 2. The van der Waals surface area contributed by atoms with Gasteiger partial charge < -0.3 is 11.1 Å². The van der Waals surface area contributed by atoms with Gasteiger partial charge in [-0.2, -0.15) is 14.1 Å². The molecule has 0 spiro atoms. The molecule has 9 heteroatoms. The van der Waals surface area contributed by atoms with Crippen LogP contribution in [0.15, 0.2) is 18.2 Å². The average molecular weight is 404 g/mol. The van der Waals surface area contributed by atoms with Gasteiger partial charge in [-0.15, -0.1) is 0 Å². The molecule has 1 aromatic carbocycles. The van der Waals surface area contributed by atoms with Crippen molar-refractivity contribution in [2.75, 3.05) is 30.4 Å². The van der Waals surface area contributed by atoms with Crippen molar-refractivity contribution in [1.82, 2.24) is 14.1 Å². The number of nitrogen functional groups attached to an aromatic ring is 1. The standard InChI is InChI=1S/C19H25N5O3S/c1-3-12-4-5-16-15(10-12)13(6-8-21-16)19(25)24-18(20)14-7-9-23(28(2,26)27)11-17(14)22-24/h4-5,10,13,21H,3,6-9,11,20H2,1-2H3/t13-/m1/s1. The number of aryl methyl sites for hydroxylation is 1. The van der Waals surface area contributed by atoms with Gasteiger partial charge in [0.05, 0.1) is 24.4 Å². The molecule has 0 unspecified atom stereocenters. The summed E-state index contributed by atoms with van der Waals surface area (Å²) < 4.78 is 26.4. The summed E-state index contributed by atoms with van der Waals surface area (Å²) in [6, 6.07) is 6.17. The maximum atomic E-state index is 13.3. The van der Waals surface area contributed by atoms with Gasteiger partial charge in [-0.1, -0.05) is 19.1 Å². The highest BCUT2D eigenvalue weighted by molar-refractivity contribution is 7.88. The molecule has 0 fully saturated rings. The van der Waals surface area contributed by atoms with Gasteiger partial charge in [0, 0.05) is 24.3 Å². The predicted molar refractivity (Wildman–Crippen MR) is 108 cm³/mol. The Bertz CT molecular complexity index is 1040. The highest BCUT2D eigenvalue weighted by Crippen LogP contribution is 2.35. The van der Waals surface area contributed by atoms with Gasteiger partial charge in [-0.25, -0.2) is 8.42 Å². The number of anilines is 2. The number of nitrogens with one attached hydrogen (secondary N) is 1. The van der Waals surface area contributed by atoms with Crippen LogP contribution in [0.25, 0.3) is 0 Å². The van der Waals surface area contributed by atoms with Gasteiger partial charge in [0.15, 0.2) is 0 Å². The summed E-state index contributed by atoms with van der Waals surface area (Å²) in [6.07, 6.45) is 3.21. The van der Waals surface area contributed by atoms with E-state index >= 15 is 0 Å². The molecule has 2 aromatic rings. The summed E-state index contributed by atoms with van der Waals surface area (Å²) in [4.78, 5) is 13.3. The van der Waals surface area contributed by atoms with Crippen LogP contribution in [0.2, 0.25) is 0 Å². The Balaban J connectivity index is 1.69. The lowest BCUT2D eigenvalue weighted by atomic mass is 9.88. The van der Waals surface area contributed by atoms with Crippen molar-refractivity contribution in [2.45, 2.75) is 38.6 Å². The Kier molecular flexibility index (Phi) is 4.67. The second kappa shape index (κ2) is 6.89. The molecule has 1 aromatic heterocycles. The molecule has 2 aliphatic rings. The zero-order valence-corrected chi connectivity index (χ0v) is 16.9. The zero-order chi connectivity index (χ0) is 20.1. The number of nitrogens with two attached hydrogens (primary N) is 1. The first-order valence-electron chi connectivity index (χ1n) is 9.52. The topological polar surface area (TPSA) is 110 Å². The number of rotatable bonds is 3. The first kappa shape index (κ1) is 18.9. The van der Waals surface area contributed by atoms with Crippen LogP contribution in [-0.4, -0.2) is 47.8 Å². The van der Waals surface area contributed by atoms with E-state index in [9.17, 15) is 13.2 Å². The Labute approximate surface area is 164 Å². The number of sulfonamides is 1. The Morgan fingerprint density at radius 2 is 2.18 bits per heavy atom. The van der Waals surface area contributed by atoms with Gasteiger partial charge in [-0.3, -0.25) is 4.79 Å². The largest absolute Gasteiger partial charge is 0.385 e. The van der Waals surface area contributed by atoms with E-state index in [-0.39, 0.29) is 18.4 Å². The molecule has 3 heterocycles. The fourth-order valence-corrected chi connectivity index (χ4v) is 4.82. The Hall–Kier alpha value is -2.39. The van der Waals surface area contributed by atoms with Crippen LogP contribution >= 0.6 is 0 Å². The van der Waals surface area contributed by atoms with Crippen LogP contribution in [0, 0.1) is 0 Å². The summed E-state index contributed by atoms with van der Waals surface area (Å²) in [5.74, 6) is -0.147. The second-order valence-corrected chi connectivity index (χ2v) is 9.43. The van der Waals surface area contributed by atoms with Crippen LogP contribution in [0.4, 0.5) is 11.5 Å². The molecule has 8 nitrogen and oxygen atoms in total. The maximum Gasteiger partial charge on any atom is 0.256 e. The number of hydrogen-bond donors (Lipinski definition) is 2. The minimum Gasteiger partial charge on any atom is -0.385 e. The molecule has 0 radical (unpaired) electrons. The molecule has 28 heavy (non-hydrogen) atoms. The van der Waals surface area contributed by atoms with E-state index in [2.05, 4.69) is 29.5 Å². The highest BCUT2D eigenvalue weighted by Gasteiger charge is 2.33. The third-order valence-electron chi connectivity index (χ3n) is 5.67. The SMILES string of the molecule is CCc1ccc2c(c1)[C@H](C(=O)n1nc3c(c1N)CCN(S(C)(=O)=O)C3)CCN2. The minimum atomic E-state index is -3.31. The molecule has 3 N–H and O–H groups in total. The third-order valence-corrected chi connectivity index (χ3v) is 6.92. The van der Waals surface area contributed by atoms with Gasteiger partial charge in [0.25, 0.3) is 5.91 Å². The van der Waals surface area contributed by atoms with Gasteiger partial charge in [0.1, 0.15) is 5.82 Å². The lowest BCUT2D eigenvalue weighted by Crippen LogP contribution is -2.35. The van der Waals surface area contributed by atoms with Crippen molar-refractivity contribution in [3.8, 4) is 0 Å². The van der Waals surface area contributed by atoms with Crippen LogP contribution in [0.3, 0.4) is 0 Å². The van der Waals surface area contributed by atoms with E-state index < -0.39 is 10.0 Å². The number of hydrogen-bond acceptors (Lipinski definition) is 6. The number of carbonyl (C=O) groups excluding carboxylic acids is 1. The summed E-state index contributed by atoms with van der Waals surface area (Å²) in [6.45, 7) is 3.30. The monoisotopic (exact) mass is 403 g/mol. The smallest absolute Gasteiger partial charge is 0.256 e. The molecule has 150 valence electrons. The molecule has 2 aliphatic heterocycles. The van der Waals surface area contributed by atoms with Crippen LogP contribution < -0.4 is 11.1 Å². The lowest BCUT2D eigenvalue weighted by molar-refractivity contribution is 0.0859. The average Bonchev–Trinajstić information content (AvgIpc) is 3.02. The summed E-state index contributed by atoms with van der Waals surface area (Å²) in [7, 11) is -3.31. The molecule has 0 saturated heterocycles. The van der Waals surface area contributed by atoms with Crippen molar-refractivity contribution in [2.24, 2.45) is 0 Å². The van der Waals surface area contributed by atoms with Crippen LogP contribution in [0.1, 0.15) is 46.4 Å². The van der Waals surface area contributed by atoms with Gasteiger partial charge in [0.2, 0.25) is 10.0 Å². The molecule has 0 saturated carbocycles. The van der Waals surface area contributed by atoms with Crippen molar-refractivity contribution >= 4 is 27.4 Å². The molecule has 0 amide bonds. The van der Waals surface area contributed by atoms with Gasteiger partial charge >= 0.3 is 0 Å². The van der Waals surface area contributed by atoms with E-state index in [1.807, 2.05) is 6.07 Å². The third kappa shape index (κ3) is 3.18. The van der Waals surface area contributed by atoms with E-state index in [4.69, 9.17) is 5.73 Å². The Morgan fingerprint density at radius 3 is 2.89 bits per heavy atom. The first-order chi connectivity index (χ1) is 13.3. The quantitative estimate of drug-likeness (QED) is 0.805. The predicted octanol–water partition coefficient (Wildman–Crippen LogP) is 1.58. The number of carbonyl (C=O) groups is 1. The van der Waals surface area contributed by atoms with Crippen LogP contribution in [0.5, 0.6) is 0 Å². The summed E-state index contributed by atoms with van der Waals surface area (Å²) >= 11 is 0. The molecule has 1 atom stereocenters. The highest BCUT2D eigenvalue weighted by atomic mass is 32.2. The van der Waals surface area contributed by atoms with Crippen molar-refractivity contribution in [1.29, 1.82) is 0 Å². The van der Waals surface area contributed by atoms with Crippen molar-refractivity contribution < 1.29 is 13.2 Å². The van der Waals surface area contributed by atoms with Crippen LogP contribution in [-0.2, 0) is 29.4 Å². The van der Waals surface area contributed by atoms with Crippen molar-refractivity contribution in [3.63, 3.8) is 0 Å². The first-order valence-corrected chi connectivity index (χ1v) is 11.4. The van der Waals surface area contributed by atoms with Crippen molar-refractivity contribution in [3.05, 3.63) is 40.6 Å². The lowest BCUT2D eigenvalue weighted by Gasteiger charge is -2.26. The number of benzene rings is 1. The van der Waals surface area contributed by atoms with E-state index in [0.29, 0.717) is 37.4 Å². The second-order valence-electron chi connectivity index (χ2n) is 7.45. The molecule has 0 bridgehead atoms. The van der Waals surface area contributed by atoms with E-state index in [0.717, 1.165) is 23.2 Å². The minimum absolute atomic E-state index is 0.154. The van der Waals surface area contributed by atoms with Gasteiger partial charge in [-0.05, 0) is 36.5 Å². The fraction of sp³-hybridized carbons (Fsp3) is 0.474. The fourth-order valence-electron chi connectivity index (χ4n) is 4.04. The Morgan fingerprint density at radius 1 is 1.39 bits per heavy atom. The zero-order valence-electron chi connectivity index (χ0n) is 16.1. The number of fused-ring (bicyclic) bond motifs is 2. The maximum absolute atomic E-state index is 13.3. The molecule has 4 rings (SSSR count). The molecular formula is C19H25N5O3S. The van der Waals surface area contributed by atoms with E-state index in [1.165, 1.54) is 20.8 Å². The summed E-state index contributed by atoms with van der Waals surface area (Å²) in [5, 5.41) is 7.77. The summed E-state index contributed by atoms with van der Waals surface area (Å²) in [5.41, 5.74) is 10.7. The molecular weight excluding hydrogens is 378 g/mol. The number of nitrogens with zero attached hydrogens (tertiary/aromatic N) is 3. The van der Waals surface area contributed by atoms with E-state index in [1.54, 1.807) is 0 Å².